The van der Waals surface area contributed by atoms with E-state index in [9.17, 15) is 0 Å². The highest BCUT2D eigenvalue weighted by Gasteiger charge is 2.34. The second kappa shape index (κ2) is 7.02. The van der Waals surface area contributed by atoms with E-state index in [2.05, 4.69) is 28.8 Å². The van der Waals surface area contributed by atoms with Crippen molar-refractivity contribution in [1.29, 1.82) is 0 Å². The van der Waals surface area contributed by atoms with Crippen LogP contribution in [0, 0.1) is 5.41 Å². The van der Waals surface area contributed by atoms with Crippen LogP contribution in [-0.4, -0.2) is 81.2 Å². The van der Waals surface area contributed by atoms with E-state index in [0.717, 1.165) is 6.54 Å². The molecule has 2 fully saturated rings. The standard InChI is InChI=1S/C15H32N4/c1-17(2)7-8-18-9-11-19(12-10-18)14-15(13-16)5-3-4-6-15/h3-14,16H2,1-2H3. The molecule has 1 saturated carbocycles. The summed E-state index contributed by atoms with van der Waals surface area (Å²) >= 11 is 0. The van der Waals surface area contributed by atoms with Gasteiger partial charge in [-0.15, -0.1) is 0 Å². The molecule has 2 aliphatic rings. The molecule has 2 N–H and O–H groups in total. The lowest BCUT2D eigenvalue weighted by Crippen LogP contribution is -2.51. The molecule has 0 atom stereocenters. The highest BCUT2D eigenvalue weighted by molar-refractivity contribution is 4.89. The number of likely N-dealkylation sites (N-methyl/N-ethyl adjacent to an activating group) is 1. The van der Waals surface area contributed by atoms with E-state index in [4.69, 9.17) is 5.73 Å². The van der Waals surface area contributed by atoms with Gasteiger partial charge in [0.1, 0.15) is 0 Å². The molecule has 1 saturated heterocycles. The maximum absolute atomic E-state index is 6.05. The zero-order chi connectivity index (χ0) is 13.7. The molecule has 0 aromatic heterocycles. The molecule has 0 radical (unpaired) electrons. The SMILES string of the molecule is CN(C)CCN1CCN(CC2(CN)CCCC2)CC1. The van der Waals surface area contributed by atoms with Gasteiger partial charge in [-0.1, -0.05) is 12.8 Å². The first-order valence-electron chi connectivity index (χ1n) is 7.93. The zero-order valence-corrected chi connectivity index (χ0v) is 12.9. The number of piperazine rings is 1. The molecule has 0 spiro atoms. The summed E-state index contributed by atoms with van der Waals surface area (Å²) in [6.07, 6.45) is 5.48. The predicted molar refractivity (Wildman–Crippen MR) is 81.4 cm³/mol. The van der Waals surface area contributed by atoms with Gasteiger partial charge in [0, 0.05) is 45.8 Å². The fourth-order valence-corrected chi connectivity index (χ4v) is 3.54. The van der Waals surface area contributed by atoms with Crippen LogP contribution >= 0.6 is 0 Å². The summed E-state index contributed by atoms with van der Waals surface area (Å²) < 4.78 is 0. The van der Waals surface area contributed by atoms with Gasteiger partial charge in [0.25, 0.3) is 0 Å². The first kappa shape index (κ1) is 15.2. The van der Waals surface area contributed by atoms with Crippen LogP contribution < -0.4 is 5.73 Å². The Morgan fingerprint density at radius 1 is 1.00 bits per heavy atom. The van der Waals surface area contributed by atoms with Crippen LogP contribution in [0.1, 0.15) is 25.7 Å². The van der Waals surface area contributed by atoms with E-state index in [1.807, 2.05) is 0 Å². The lowest BCUT2D eigenvalue weighted by Gasteiger charge is -2.40. The van der Waals surface area contributed by atoms with Crippen molar-refractivity contribution in [3.05, 3.63) is 0 Å². The molecular weight excluding hydrogens is 236 g/mol. The van der Waals surface area contributed by atoms with Crippen molar-refractivity contribution in [2.75, 3.05) is 66.5 Å². The van der Waals surface area contributed by atoms with E-state index in [-0.39, 0.29) is 0 Å². The Kier molecular flexibility index (Phi) is 5.63. The lowest BCUT2D eigenvalue weighted by molar-refractivity contribution is 0.0855. The van der Waals surface area contributed by atoms with Gasteiger partial charge in [0.2, 0.25) is 0 Å². The Bertz CT molecular complexity index is 253. The molecule has 1 aliphatic carbocycles. The van der Waals surface area contributed by atoms with Gasteiger partial charge >= 0.3 is 0 Å². The Morgan fingerprint density at radius 3 is 2.11 bits per heavy atom. The van der Waals surface area contributed by atoms with Gasteiger partial charge < -0.3 is 15.5 Å². The van der Waals surface area contributed by atoms with Crippen molar-refractivity contribution < 1.29 is 0 Å². The smallest absolute Gasteiger partial charge is 0.0110 e. The zero-order valence-electron chi connectivity index (χ0n) is 12.9. The average Bonchev–Trinajstić information content (AvgIpc) is 2.87. The Morgan fingerprint density at radius 2 is 1.58 bits per heavy atom. The summed E-state index contributed by atoms with van der Waals surface area (Å²) in [4.78, 5) is 7.53. The maximum Gasteiger partial charge on any atom is 0.0110 e. The third-order valence-corrected chi connectivity index (χ3v) is 4.98. The molecule has 112 valence electrons. The summed E-state index contributed by atoms with van der Waals surface area (Å²) in [7, 11) is 4.31. The van der Waals surface area contributed by atoms with Crippen LogP contribution in [0.2, 0.25) is 0 Å². The largest absolute Gasteiger partial charge is 0.330 e. The molecule has 19 heavy (non-hydrogen) atoms. The number of nitrogens with two attached hydrogens (primary N) is 1. The van der Waals surface area contributed by atoms with Crippen LogP contribution in [0.4, 0.5) is 0 Å². The lowest BCUT2D eigenvalue weighted by atomic mass is 9.85. The highest BCUT2D eigenvalue weighted by atomic mass is 15.3. The second-order valence-electron chi connectivity index (χ2n) is 6.83. The third kappa shape index (κ3) is 4.42. The van der Waals surface area contributed by atoms with Crippen LogP contribution in [-0.2, 0) is 0 Å². The molecule has 1 heterocycles. The van der Waals surface area contributed by atoms with E-state index in [1.165, 1.54) is 71.5 Å². The van der Waals surface area contributed by atoms with E-state index < -0.39 is 0 Å². The molecule has 4 heteroatoms. The van der Waals surface area contributed by atoms with E-state index in [1.54, 1.807) is 0 Å². The maximum atomic E-state index is 6.05. The van der Waals surface area contributed by atoms with Crippen LogP contribution in [0.25, 0.3) is 0 Å². The summed E-state index contributed by atoms with van der Waals surface area (Å²) in [6, 6.07) is 0. The molecule has 2 rings (SSSR count). The van der Waals surface area contributed by atoms with E-state index in [0.29, 0.717) is 5.41 Å². The molecular formula is C15H32N4. The van der Waals surface area contributed by atoms with Crippen LogP contribution in [0.5, 0.6) is 0 Å². The third-order valence-electron chi connectivity index (χ3n) is 4.98. The normalized spacial score (nSPS) is 25.3. The number of hydrogen-bond acceptors (Lipinski definition) is 4. The van der Waals surface area contributed by atoms with Crippen molar-refractivity contribution in [2.24, 2.45) is 11.1 Å². The first-order valence-corrected chi connectivity index (χ1v) is 7.93. The van der Waals surface area contributed by atoms with Crippen LogP contribution in [0.3, 0.4) is 0 Å². The van der Waals surface area contributed by atoms with Crippen molar-refractivity contribution in [3.63, 3.8) is 0 Å². The van der Waals surface area contributed by atoms with Crippen molar-refractivity contribution >= 4 is 0 Å². The van der Waals surface area contributed by atoms with Gasteiger partial charge in [-0.3, -0.25) is 4.90 Å². The van der Waals surface area contributed by atoms with Gasteiger partial charge in [-0.05, 0) is 38.9 Å². The minimum Gasteiger partial charge on any atom is -0.330 e. The van der Waals surface area contributed by atoms with Gasteiger partial charge in [-0.2, -0.15) is 0 Å². The number of nitrogens with zero attached hydrogens (tertiary/aromatic N) is 3. The van der Waals surface area contributed by atoms with Gasteiger partial charge in [0.15, 0.2) is 0 Å². The second-order valence-corrected chi connectivity index (χ2v) is 6.83. The molecule has 0 unspecified atom stereocenters. The van der Waals surface area contributed by atoms with Crippen LogP contribution in [0.15, 0.2) is 0 Å². The summed E-state index contributed by atoms with van der Waals surface area (Å²) in [5, 5.41) is 0. The van der Waals surface area contributed by atoms with Gasteiger partial charge in [-0.25, -0.2) is 0 Å². The molecule has 0 amide bonds. The van der Waals surface area contributed by atoms with Gasteiger partial charge in [0.05, 0.1) is 0 Å². The monoisotopic (exact) mass is 268 g/mol. The Hall–Kier alpha value is -0.160. The Balaban J connectivity index is 1.71. The highest BCUT2D eigenvalue weighted by Crippen LogP contribution is 2.37. The minimum atomic E-state index is 0.450. The molecule has 1 aliphatic heterocycles. The van der Waals surface area contributed by atoms with E-state index >= 15 is 0 Å². The molecule has 0 bridgehead atoms. The number of hydrogen-bond donors (Lipinski definition) is 1. The average molecular weight is 268 g/mol. The molecule has 0 aromatic carbocycles. The van der Waals surface area contributed by atoms with Crippen molar-refractivity contribution in [2.45, 2.75) is 25.7 Å². The predicted octanol–water partition coefficient (Wildman–Crippen LogP) is 0.685. The molecule has 4 nitrogen and oxygen atoms in total. The first-order chi connectivity index (χ1) is 9.13. The van der Waals surface area contributed by atoms with Crippen molar-refractivity contribution in [3.8, 4) is 0 Å². The Labute approximate surface area is 118 Å². The summed E-state index contributed by atoms with van der Waals surface area (Å²) in [5.74, 6) is 0. The minimum absolute atomic E-state index is 0.450. The number of rotatable bonds is 6. The summed E-state index contributed by atoms with van der Waals surface area (Å²) in [5.41, 5.74) is 6.50. The van der Waals surface area contributed by atoms with Crippen molar-refractivity contribution in [1.82, 2.24) is 14.7 Å². The fraction of sp³-hybridized carbons (Fsp3) is 1.00. The molecule has 0 aromatic rings. The quantitative estimate of drug-likeness (QED) is 0.769. The fourth-order valence-electron chi connectivity index (χ4n) is 3.54. The topological polar surface area (TPSA) is 35.7 Å². The summed E-state index contributed by atoms with van der Waals surface area (Å²) in [6.45, 7) is 9.43.